The Kier molecular flexibility index (Phi) is 1.79. The van der Waals surface area contributed by atoms with Gasteiger partial charge < -0.3 is 4.42 Å². The van der Waals surface area contributed by atoms with Gasteiger partial charge >= 0.3 is 0 Å². The van der Waals surface area contributed by atoms with Gasteiger partial charge in [-0.05, 0) is 18.6 Å². The van der Waals surface area contributed by atoms with E-state index in [-0.39, 0.29) is 0 Å². The Morgan fingerprint density at radius 3 is 2.85 bits per heavy atom. The van der Waals surface area contributed by atoms with Crippen molar-refractivity contribution in [3.63, 3.8) is 0 Å². The summed E-state index contributed by atoms with van der Waals surface area (Å²) >= 11 is 0. The van der Waals surface area contributed by atoms with Gasteiger partial charge in [-0.25, -0.2) is 0 Å². The molecular weight excluding hydrogens is 162 g/mol. The maximum Gasteiger partial charge on any atom is 0.134 e. The van der Waals surface area contributed by atoms with Crippen LogP contribution in [-0.4, -0.2) is 0 Å². The van der Waals surface area contributed by atoms with Gasteiger partial charge in [0.25, 0.3) is 0 Å². The number of nitriles is 1. The first-order chi connectivity index (χ1) is 6.33. The van der Waals surface area contributed by atoms with Crippen molar-refractivity contribution < 1.29 is 4.42 Å². The number of aryl methyl sites for hydroxylation is 1. The minimum absolute atomic E-state index is 0.348. The highest BCUT2D eigenvalue weighted by atomic mass is 16.3. The molecule has 0 unspecified atom stereocenters. The lowest BCUT2D eigenvalue weighted by molar-refractivity contribution is 0.563. The van der Waals surface area contributed by atoms with Crippen LogP contribution in [0, 0.1) is 18.3 Å². The molecule has 0 amide bonds. The van der Waals surface area contributed by atoms with Gasteiger partial charge in [-0.1, -0.05) is 18.2 Å². The molecule has 1 aromatic carbocycles. The minimum atomic E-state index is 0.348. The smallest absolute Gasteiger partial charge is 0.134 e. The lowest BCUT2D eigenvalue weighted by atomic mass is 10.1. The molecule has 2 heteroatoms. The lowest BCUT2D eigenvalue weighted by Gasteiger charge is -1.87. The second-order valence-electron chi connectivity index (χ2n) is 2.98. The molecule has 0 saturated carbocycles. The Bertz CT molecular complexity index is 476. The molecule has 2 nitrogen and oxygen atoms in total. The van der Waals surface area contributed by atoms with Crippen molar-refractivity contribution >= 4 is 11.0 Å². The zero-order valence-corrected chi connectivity index (χ0v) is 7.37. The Labute approximate surface area is 76.4 Å². The van der Waals surface area contributed by atoms with Gasteiger partial charge in [0.15, 0.2) is 0 Å². The lowest BCUT2D eigenvalue weighted by Crippen LogP contribution is -1.79. The van der Waals surface area contributed by atoms with Crippen LogP contribution in [0.3, 0.4) is 0 Å². The number of fused-ring (bicyclic) bond motifs is 1. The Hall–Kier alpha value is -1.75. The number of hydrogen-bond donors (Lipinski definition) is 0. The van der Waals surface area contributed by atoms with E-state index in [1.54, 1.807) is 0 Å². The molecule has 0 aliphatic heterocycles. The van der Waals surface area contributed by atoms with E-state index in [1.807, 2.05) is 31.2 Å². The van der Waals surface area contributed by atoms with Crippen LogP contribution in [0.25, 0.3) is 11.0 Å². The summed E-state index contributed by atoms with van der Waals surface area (Å²) in [5.74, 6) is 0.781. The van der Waals surface area contributed by atoms with Crippen molar-refractivity contribution in [1.82, 2.24) is 0 Å². The zero-order chi connectivity index (χ0) is 9.26. The van der Waals surface area contributed by atoms with Gasteiger partial charge in [0, 0.05) is 5.39 Å². The fourth-order valence-corrected chi connectivity index (χ4v) is 1.47. The molecule has 0 bridgehead atoms. The van der Waals surface area contributed by atoms with E-state index < -0.39 is 0 Å². The molecule has 1 aromatic heterocycles. The number of nitrogens with zero attached hydrogens (tertiary/aromatic N) is 1. The number of rotatable bonds is 1. The van der Waals surface area contributed by atoms with Crippen molar-refractivity contribution in [2.45, 2.75) is 13.3 Å². The summed E-state index contributed by atoms with van der Waals surface area (Å²) in [6, 6.07) is 9.93. The quantitative estimate of drug-likeness (QED) is 0.661. The van der Waals surface area contributed by atoms with Gasteiger partial charge in [-0.15, -0.1) is 0 Å². The first-order valence-electron chi connectivity index (χ1n) is 4.17. The molecule has 0 N–H and O–H groups in total. The SMILES string of the molecule is Cc1c(CC#N)oc2ccccc12. The summed E-state index contributed by atoms with van der Waals surface area (Å²) in [5.41, 5.74) is 1.95. The van der Waals surface area contributed by atoms with Crippen molar-refractivity contribution in [2.24, 2.45) is 0 Å². The maximum absolute atomic E-state index is 8.56. The van der Waals surface area contributed by atoms with E-state index in [2.05, 4.69) is 6.07 Å². The van der Waals surface area contributed by atoms with E-state index in [0.717, 1.165) is 22.3 Å². The third kappa shape index (κ3) is 1.19. The van der Waals surface area contributed by atoms with Crippen LogP contribution < -0.4 is 0 Å². The highest BCUT2D eigenvalue weighted by Crippen LogP contribution is 2.24. The largest absolute Gasteiger partial charge is 0.460 e. The normalized spacial score (nSPS) is 10.2. The summed E-state index contributed by atoms with van der Waals surface area (Å²) in [4.78, 5) is 0. The van der Waals surface area contributed by atoms with Crippen LogP contribution in [0.15, 0.2) is 28.7 Å². The monoisotopic (exact) mass is 171 g/mol. The molecular formula is C11H9NO. The van der Waals surface area contributed by atoms with Crippen molar-refractivity contribution in [2.75, 3.05) is 0 Å². The van der Waals surface area contributed by atoms with E-state index in [1.165, 1.54) is 0 Å². The first kappa shape index (κ1) is 7.88. The summed E-state index contributed by atoms with van der Waals surface area (Å²) < 4.78 is 5.52. The van der Waals surface area contributed by atoms with E-state index >= 15 is 0 Å². The maximum atomic E-state index is 8.56. The molecule has 64 valence electrons. The topological polar surface area (TPSA) is 36.9 Å². The fourth-order valence-electron chi connectivity index (χ4n) is 1.47. The molecule has 13 heavy (non-hydrogen) atoms. The zero-order valence-electron chi connectivity index (χ0n) is 7.37. The number of benzene rings is 1. The van der Waals surface area contributed by atoms with Gasteiger partial charge in [-0.3, -0.25) is 0 Å². The molecule has 0 aliphatic rings. The van der Waals surface area contributed by atoms with Crippen molar-refractivity contribution in [3.05, 3.63) is 35.6 Å². The molecule has 2 rings (SSSR count). The summed E-state index contributed by atoms with van der Waals surface area (Å²) in [5, 5.41) is 9.66. The highest BCUT2D eigenvalue weighted by Gasteiger charge is 2.08. The molecule has 0 saturated heterocycles. The third-order valence-corrected chi connectivity index (χ3v) is 2.18. The van der Waals surface area contributed by atoms with E-state index in [4.69, 9.17) is 9.68 Å². The van der Waals surface area contributed by atoms with Gasteiger partial charge in [0.05, 0.1) is 12.5 Å². The highest BCUT2D eigenvalue weighted by molar-refractivity contribution is 5.81. The second kappa shape index (κ2) is 2.95. The summed E-state index contributed by atoms with van der Waals surface area (Å²) in [7, 11) is 0. The Morgan fingerprint density at radius 1 is 1.38 bits per heavy atom. The molecule has 0 radical (unpaired) electrons. The van der Waals surface area contributed by atoms with E-state index in [9.17, 15) is 0 Å². The Morgan fingerprint density at radius 2 is 2.15 bits per heavy atom. The van der Waals surface area contributed by atoms with Crippen LogP contribution in [0.5, 0.6) is 0 Å². The standard InChI is InChI=1S/C11H9NO/c1-8-9-4-2-3-5-11(9)13-10(8)6-7-12/h2-5H,6H2,1H3. The summed E-state index contributed by atoms with van der Waals surface area (Å²) in [6.07, 6.45) is 0.348. The van der Waals surface area contributed by atoms with Crippen molar-refractivity contribution in [3.8, 4) is 6.07 Å². The van der Waals surface area contributed by atoms with Gasteiger partial charge in [0.1, 0.15) is 11.3 Å². The first-order valence-corrected chi connectivity index (χ1v) is 4.17. The minimum Gasteiger partial charge on any atom is -0.460 e. The fraction of sp³-hybridized carbons (Fsp3) is 0.182. The average Bonchev–Trinajstić information content (AvgIpc) is 2.46. The average molecular weight is 171 g/mol. The van der Waals surface area contributed by atoms with Gasteiger partial charge in [-0.2, -0.15) is 5.26 Å². The Balaban J connectivity index is 2.68. The van der Waals surface area contributed by atoms with E-state index in [0.29, 0.717) is 6.42 Å². The second-order valence-corrected chi connectivity index (χ2v) is 2.98. The molecule has 0 fully saturated rings. The number of para-hydroxylation sites is 1. The van der Waals surface area contributed by atoms with Crippen LogP contribution in [0.2, 0.25) is 0 Å². The molecule has 2 aromatic rings. The van der Waals surface area contributed by atoms with Crippen LogP contribution >= 0.6 is 0 Å². The van der Waals surface area contributed by atoms with Crippen molar-refractivity contribution in [1.29, 1.82) is 5.26 Å². The van der Waals surface area contributed by atoms with Crippen LogP contribution in [0.1, 0.15) is 11.3 Å². The van der Waals surface area contributed by atoms with Crippen LogP contribution in [0.4, 0.5) is 0 Å². The predicted octanol–water partition coefficient (Wildman–Crippen LogP) is 2.81. The third-order valence-electron chi connectivity index (χ3n) is 2.18. The molecule has 0 atom stereocenters. The molecule has 0 aliphatic carbocycles. The number of hydrogen-bond acceptors (Lipinski definition) is 2. The van der Waals surface area contributed by atoms with Crippen LogP contribution in [-0.2, 0) is 6.42 Å². The predicted molar refractivity (Wildman–Crippen MR) is 50.3 cm³/mol. The molecule has 0 spiro atoms. The molecule has 1 heterocycles. The summed E-state index contributed by atoms with van der Waals surface area (Å²) in [6.45, 7) is 1.98. The van der Waals surface area contributed by atoms with Gasteiger partial charge in [0.2, 0.25) is 0 Å². The number of furan rings is 1.